The van der Waals surface area contributed by atoms with E-state index in [-0.39, 0.29) is 30.1 Å². The zero-order chi connectivity index (χ0) is 13.1. The summed E-state index contributed by atoms with van der Waals surface area (Å²) < 4.78 is 0. The Balaban J connectivity index is 2.43. The predicted octanol–water partition coefficient (Wildman–Crippen LogP) is 1.04. The summed E-state index contributed by atoms with van der Waals surface area (Å²) in [6.07, 6.45) is 3.25. The summed E-state index contributed by atoms with van der Waals surface area (Å²) in [5.41, 5.74) is -0.195. The number of hydrogen-bond donors (Lipinski definition) is 3. The van der Waals surface area contributed by atoms with E-state index >= 15 is 0 Å². The molecule has 1 fully saturated rings. The molecule has 4 nitrogen and oxygen atoms in total. The topological polar surface area (TPSA) is 61.4 Å². The van der Waals surface area contributed by atoms with Crippen molar-refractivity contribution < 1.29 is 9.90 Å². The minimum absolute atomic E-state index is 0.0288. The van der Waals surface area contributed by atoms with E-state index in [2.05, 4.69) is 10.6 Å². The lowest BCUT2D eigenvalue weighted by atomic mass is 10.0. The van der Waals surface area contributed by atoms with Gasteiger partial charge in [0.1, 0.15) is 0 Å². The van der Waals surface area contributed by atoms with Crippen LogP contribution < -0.4 is 10.6 Å². The van der Waals surface area contributed by atoms with Crippen molar-refractivity contribution in [3.05, 3.63) is 0 Å². The van der Waals surface area contributed by atoms with Gasteiger partial charge in [0.05, 0.1) is 6.04 Å². The van der Waals surface area contributed by atoms with Crippen molar-refractivity contribution in [1.82, 2.24) is 10.6 Å². The molecule has 1 aliphatic carbocycles. The van der Waals surface area contributed by atoms with Crippen LogP contribution in [0.3, 0.4) is 0 Å². The number of rotatable bonds is 4. The molecule has 0 aliphatic heterocycles. The summed E-state index contributed by atoms with van der Waals surface area (Å²) in [6.45, 7) is 8.02. The van der Waals surface area contributed by atoms with Crippen molar-refractivity contribution in [3.8, 4) is 0 Å². The normalized spacial score (nSPS) is 26.9. The molecule has 3 unspecified atom stereocenters. The van der Waals surface area contributed by atoms with Gasteiger partial charge in [0, 0.05) is 18.2 Å². The summed E-state index contributed by atoms with van der Waals surface area (Å²) in [6, 6.07) is 0.0760. The first kappa shape index (κ1) is 14.5. The number of hydrogen-bond acceptors (Lipinski definition) is 3. The van der Waals surface area contributed by atoms with Gasteiger partial charge in [-0.05, 0) is 46.5 Å². The maximum Gasteiger partial charge on any atom is 0.237 e. The van der Waals surface area contributed by atoms with Gasteiger partial charge in [-0.2, -0.15) is 0 Å². The number of carbonyl (C=O) groups is 1. The van der Waals surface area contributed by atoms with E-state index in [9.17, 15) is 9.90 Å². The Hall–Kier alpha value is -0.610. The largest absolute Gasteiger partial charge is 0.396 e. The van der Waals surface area contributed by atoms with E-state index in [1.165, 1.54) is 0 Å². The SMILES string of the molecule is CC(NC1CCCC1CO)C(=O)NC(C)(C)C. The fraction of sp³-hybridized carbons (Fsp3) is 0.923. The van der Waals surface area contributed by atoms with Crippen molar-refractivity contribution in [1.29, 1.82) is 0 Å². The van der Waals surface area contributed by atoms with Gasteiger partial charge in [0.2, 0.25) is 5.91 Å². The van der Waals surface area contributed by atoms with Crippen LogP contribution in [-0.2, 0) is 4.79 Å². The van der Waals surface area contributed by atoms with Crippen molar-refractivity contribution in [2.24, 2.45) is 5.92 Å². The molecule has 0 aromatic carbocycles. The molecule has 1 aliphatic rings. The molecule has 1 saturated carbocycles. The predicted molar refractivity (Wildman–Crippen MR) is 68.7 cm³/mol. The van der Waals surface area contributed by atoms with Crippen LogP contribution in [0.4, 0.5) is 0 Å². The Kier molecular flexibility index (Phi) is 4.95. The van der Waals surface area contributed by atoms with Crippen LogP contribution in [0, 0.1) is 5.92 Å². The molecule has 1 rings (SSSR count). The van der Waals surface area contributed by atoms with E-state index in [4.69, 9.17) is 0 Å². The van der Waals surface area contributed by atoms with Crippen molar-refractivity contribution >= 4 is 5.91 Å². The van der Waals surface area contributed by atoms with E-state index in [0.29, 0.717) is 5.92 Å². The zero-order valence-electron chi connectivity index (χ0n) is 11.4. The molecule has 3 N–H and O–H groups in total. The molecule has 0 heterocycles. The number of nitrogens with one attached hydrogen (secondary N) is 2. The van der Waals surface area contributed by atoms with Crippen LogP contribution in [-0.4, -0.2) is 35.2 Å². The first-order valence-electron chi connectivity index (χ1n) is 6.52. The maximum absolute atomic E-state index is 11.9. The lowest BCUT2D eigenvalue weighted by Gasteiger charge is -2.27. The Labute approximate surface area is 104 Å². The smallest absolute Gasteiger partial charge is 0.237 e. The van der Waals surface area contributed by atoms with E-state index in [1.807, 2.05) is 27.7 Å². The van der Waals surface area contributed by atoms with Gasteiger partial charge >= 0.3 is 0 Å². The van der Waals surface area contributed by atoms with Crippen LogP contribution in [0.25, 0.3) is 0 Å². The third-order valence-corrected chi connectivity index (χ3v) is 3.25. The van der Waals surface area contributed by atoms with Crippen LogP contribution in [0.2, 0.25) is 0 Å². The van der Waals surface area contributed by atoms with Gasteiger partial charge in [-0.3, -0.25) is 4.79 Å². The van der Waals surface area contributed by atoms with Gasteiger partial charge < -0.3 is 15.7 Å². The van der Waals surface area contributed by atoms with E-state index in [1.54, 1.807) is 0 Å². The number of amides is 1. The van der Waals surface area contributed by atoms with Crippen LogP contribution >= 0.6 is 0 Å². The first-order valence-corrected chi connectivity index (χ1v) is 6.52. The highest BCUT2D eigenvalue weighted by Crippen LogP contribution is 2.25. The van der Waals surface area contributed by atoms with Crippen molar-refractivity contribution in [2.45, 2.75) is 64.6 Å². The summed E-state index contributed by atoms with van der Waals surface area (Å²) >= 11 is 0. The molecular weight excluding hydrogens is 216 g/mol. The Morgan fingerprint density at radius 1 is 1.41 bits per heavy atom. The lowest BCUT2D eigenvalue weighted by Crippen LogP contribution is -2.52. The molecular formula is C13H26N2O2. The van der Waals surface area contributed by atoms with E-state index < -0.39 is 0 Å². The molecule has 4 heteroatoms. The molecule has 100 valence electrons. The first-order chi connectivity index (χ1) is 7.83. The molecule has 1 amide bonds. The number of aliphatic hydroxyl groups excluding tert-OH is 1. The monoisotopic (exact) mass is 242 g/mol. The van der Waals surface area contributed by atoms with Crippen LogP contribution in [0.15, 0.2) is 0 Å². The Bertz CT molecular complexity index is 261. The molecule has 0 radical (unpaired) electrons. The molecule has 0 bridgehead atoms. The van der Waals surface area contributed by atoms with Gasteiger partial charge in [0.25, 0.3) is 0 Å². The average Bonchev–Trinajstić information content (AvgIpc) is 2.62. The van der Waals surface area contributed by atoms with Gasteiger partial charge in [-0.1, -0.05) is 6.42 Å². The molecule has 3 atom stereocenters. The van der Waals surface area contributed by atoms with Gasteiger partial charge in [-0.15, -0.1) is 0 Å². The Morgan fingerprint density at radius 2 is 2.06 bits per heavy atom. The second kappa shape index (κ2) is 5.83. The molecule has 0 aromatic heterocycles. The van der Waals surface area contributed by atoms with Crippen molar-refractivity contribution in [3.63, 3.8) is 0 Å². The fourth-order valence-corrected chi connectivity index (χ4v) is 2.35. The molecule has 0 aromatic rings. The second-order valence-corrected chi connectivity index (χ2v) is 6.11. The van der Waals surface area contributed by atoms with Crippen molar-refractivity contribution in [2.75, 3.05) is 6.61 Å². The third-order valence-electron chi connectivity index (χ3n) is 3.25. The Morgan fingerprint density at radius 3 is 2.59 bits per heavy atom. The average molecular weight is 242 g/mol. The number of carbonyl (C=O) groups excluding carboxylic acids is 1. The molecule has 0 spiro atoms. The summed E-state index contributed by atoms with van der Waals surface area (Å²) in [5.74, 6) is 0.334. The number of aliphatic hydroxyl groups is 1. The minimum Gasteiger partial charge on any atom is -0.396 e. The highest BCUT2D eigenvalue weighted by Gasteiger charge is 2.29. The second-order valence-electron chi connectivity index (χ2n) is 6.11. The zero-order valence-corrected chi connectivity index (χ0v) is 11.4. The highest BCUT2D eigenvalue weighted by molar-refractivity contribution is 5.81. The molecule has 17 heavy (non-hydrogen) atoms. The molecule has 0 saturated heterocycles. The standard InChI is InChI=1S/C13H26N2O2/c1-9(12(17)15-13(2,3)4)14-11-7-5-6-10(11)8-16/h9-11,14,16H,5-8H2,1-4H3,(H,15,17). The summed E-state index contributed by atoms with van der Waals surface area (Å²) in [5, 5.41) is 15.5. The summed E-state index contributed by atoms with van der Waals surface area (Å²) in [4.78, 5) is 11.9. The van der Waals surface area contributed by atoms with Gasteiger partial charge in [-0.25, -0.2) is 0 Å². The van der Waals surface area contributed by atoms with E-state index in [0.717, 1.165) is 19.3 Å². The van der Waals surface area contributed by atoms with Crippen LogP contribution in [0.5, 0.6) is 0 Å². The third kappa shape index (κ3) is 4.64. The summed E-state index contributed by atoms with van der Waals surface area (Å²) in [7, 11) is 0. The minimum atomic E-state index is -0.202. The fourth-order valence-electron chi connectivity index (χ4n) is 2.35. The lowest BCUT2D eigenvalue weighted by molar-refractivity contribution is -0.124. The highest BCUT2D eigenvalue weighted by atomic mass is 16.3. The van der Waals surface area contributed by atoms with Crippen LogP contribution in [0.1, 0.15) is 47.0 Å². The quantitative estimate of drug-likeness (QED) is 0.690. The maximum atomic E-state index is 11.9. The van der Waals surface area contributed by atoms with Gasteiger partial charge in [0.15, 0.2) is 0 Å².